The van der Waals surface area contributed by atoms with Crippen molar-refractivity contribution in [3.63, 3.8) is 0 Å². The topological polar surface area (TPSA) is 57.9 Å². The highest BCUT2D eigenvalue weighted by Crippen LogP contribution is 2.19. The van der Waals surface area contributed by atoms with Gasteiger partial charge in [-0.15, -0.1) is 0 Å². The summed E-state index contributed by atoms with van der Waals surface area (Å²) >= 11 is 5.29. The first-order valence-electron chi connectivity index (χ1n) is 3.80. The maximum Gasteiger partial charge on any atom is 0.254 e. The highest BCUT2D eigenvalue weighted by atomic mass is 35.5. The Morgan fingerprint density at radius 1 is 1.57 bits per heavy atom. The maximum absolute atomic E-state index is 11.0. The van der Waals surface area contributed by atoms with Crippen molar-refractivity contribution in [3.8, 4) is 6.07 Å². The molecule has 0 aliphatic rings. The van der Waals surface area contributed by atoms with Gasteiger partial charge in [-0.1, -0.05) is 12.1 Å². The number of hydrogen-bond acceptors (Lipinski definition) is 3. The molecule has 14 heavy (non-hydrogen) atoms. The molecular formula is C10H6ClNO2. The zero-order valence-corrected chi connectivity index (χ0v) is 8.13. The summed E-state index contributed by atoms with van der Waals surface area (Å²) in [6.45, 7) is 1.68. The average molecular weight is 208 g/mol. The molecule has 0 radical (unpaired) electrons. The van der Waals surface area contributed by atoms with Crippen LogP contribution in [0, 0.1) is 18.3 Å². The molecule has 0 spiro atoms. The van der Waals surface area contributed by atoms with E-state index in [0.717, 1.165) is 0 Å². The third kappa shape index (κ3) is 1.66. The Bertz CT molecular complexity index is 446. The second-order valence-electron chi connectivity index (χ2n) is 2.73. The predicted octanol–water partition coefficient (Wildman–Crippen LogP) is 2.06. The molecule has 0 saturated carbocycles. The van der Waals surface area contributed by atoms with E-state index in [1.807, 2.05) is 6.07 Å². The minimum Gasteiger partial charge on any atom is -0.298 e. The lowest BCUT2D eigenvalue weighted by Crippen LogP contribution is -2.02. The summed E-state index contributed by atoms with van der Waals surface area (Å²) in [6.07, 6.45) is 0.510. The molecule has 1 aromatic rings. The van der Waals surface area contributed by atoms with Gasteiger partial charge in [-0.25, -0.2) is 0 Å². The summed E-state index contributed by atoms with van der Waals surface area (Å²) in [5.41, 5.74) is 0.924. The van der Waals surface area contributed by atoms with Crippen molar-refractivity contribution < 1.29 is 9.59 Å². The second kappa shape index (κ2) is 4.03. The molecule has 0 bridgehead atoms. The molecule has 70 valence electrons. The van der Waals surface area contributed by atoms with E-state index in [1.54, 1.807) is 13.0 Å². The minimum absolute atomic E-state index is 0.0100. The molecule has 0 aliphatic carbocycles. The van der Waals surface area contributed by atoms with Gasteiger partial charge in [-0.2, -0.15) is 5.26 Å². The number of nitrogens with zero attached hydrogens (tertiary/aromatic N) is 1. The Morgan fingerprint density at radius 3 is 2.64 bits per heavy atom. The fraction of sp³-hybridized carbons (Fsp3) is 0.100. The molecule has 0 heterocycles. The molecule has 1 aromatic carbocycles. The third-order valence-corrected chi connectivity index (χ3v) is 2.07. The Labute approximate surface area is 85.9 Å². The van der Waals surface area contributed by atoms with Gasteiger partial charge in [0.15, 0.2) is 6.29 Å². The van der Waals surface area contributed by atoms with Gasteiger partial charge in [0.25, 0.3) is 5.24 Å². The van der Waals surface area contributed by atoms with Crippen molar-refractivity contribution >= 4 is 23.1 Å². The zero-order valence-electron chi connectivity index (χ0n) is 7.37. The second-order valence-corrected chi connectivity index (χ2v) is 3.07. The molecule has 3 nitrogen and oxygen atoms in total. The lowest BCUT2D eigenvalue weighted by molar-refractivity contribution is 0.106. The van der Waals surface area contributed by atoms with Crippen LogP contribution in [0.2, 0.25) is 0 Å². The molecular weight excluding hydrogens is 202 g/mol. The van der Waals surface area contributed by atoms with Gasteiger partial charge in [0.2, 0.25) is 0 Å². The number of rotatable bonds is 2. The molecule has 0 fully saturated rings. The van der Waals surface area contributed by atoms with Crippen LogP contribution in [0.3, 0.4) is 0 Å². The van der Waals surface area contributed by atoms with E-state index in [1.165, 1.54) is 6.07 Å². The molecule has 1 rings (SSSR count). The van der Waals surface area contributed by atoms with Crippen LogP contribution in [-0.4, -0.2) is 11.5 Å². The first kappa shape index (κ1) is 10.4. The quantitative estimate of drug-likeness (QED) is 0.551. The van der Waals surface area contributed by atoms with Gasteiger partial charge in [0.05, 0.1) is 11.1 Å². The lowest BCUT2D eigenvalue weighted by atomic mass is 9.99. The number of nitriles is 1. The van der Waals surface area contributed by atoms with E-state index < -0.39 is 5.24 Å². The van der Waals surface area contributed by atoms with Crippen LogP contribution in [0.25, 0.3) is 0 Å². The normalized spacial score (nSPS) is 9.21. The van der Waals surface area contributed by atoms with Crippen molar-refractivity contribution in [1.29, 1.82) is 5.26 Å². The number of benzene rings is 1. The van der Waals surface area contributed by atoms with Crippen LogP contribution in [0.4, 0.5) is 0 Å². The molecule has 0 aromatic heterocycles. The standard InChI is InChI=1S/C10H6ClNO2/c1-6-2-3-7(5-13)9(10(11)14)8(6)4-12/h2-3,5H,1H3. The van der Waals surface area contributed by atoms with Crippen LogP contribution < -0.4 is 0 Å². The Kier molecular flexibility index (Phi) is 3.00. The fourth-order valence-corrected chi connectivity index (χ4v) is 1.38. The van der Waals surface area contributed by atoms with Gasteiger partial charge >= 0.3 is 0 Å². The third-order valence-electron chi connectivity index (χ3n) is 1.88. The van der Waals surface area contributed by atoms with E-state index in [2.05, 4.69) is 0 Å². The van der Waals surface area contributed by atoms with Crippen LogP contribution in [0.5, 0.6) is 0 Å². The average Bonchev–Trinajstić information content (AvgIpc) is 2.17. The number of aryl methyl sites for hydroxylation is 1. The monoisotopic (exact) mass is 207 g/mol. The molecule has 0 unspecified atom stereocenters. The summed E-state index contributed by atoms with van der Waals surface area (Å²) in [5, 5.41) is 8.01. The summed E-state index contributed by atoms with van der Waals surface area (Å²) in [6, 6.07) is 4.93. The van der Waals surface area contributed by atoms with E-state index in [0.29, 0.717) is 11.8 Å². The number of carbonyl (C=O) groups is 2. The molecule has 0 atom stereocenters. The largest absolute Gasteiger partial charge is 0.298 e. The van der Waals surface area contributed by atoms with Gasteiger partial charge in [0, 0.05) is 5.56 Å². The van der Waals surface area contributed by atoms with Crippen molar-refractivity contribution in [2.45, 2.75) is 6.92 Å². The van der Waals surface area contributed by atoms with E-state index in [-0.39, 0.29) is 16.7 Å². The van der Waals surface area contributed by atoms with Crippen molar-refractivity contribution in [1.82, 2.24) is 0 Å². The molecule has 0 amide bonds. The van der Waals surface area contributed by atoms with E-state index in [4.69, 9.17) is 16.9 Å². The summed E-state index contributed by atoms with van der Waals surface area (Å²) in [5.74, 6) is 0. The first-order chi connectivity index (χ1) is 6.61. The van der Waals surface area contributed by atoms with Crippen LogP contribution in [-0.2, 0) is 0 Å². The predicted molar refractivity (Wildman–Crippen MR) is 51.5 cm³/mol. The molecule has 4 heteroatoms. The van der Waals surface area contributed by atoms with Crippen LogP contribution in [0.15, 0.2) is 12.1 Å². The van der Waals surface area contributed by atoms with Gasteiger partial charge in [-0.05, 0) is 24.1 Å². The highest BCUT2D eigenvalue weighted by Gasteiger charge is 2.15. The molecule has 0 aliphatic heterocycles. The minimum atomic E-state index is -0.785. The molecule has 0 N–H and O–H groups in total. The van der Waals surface area contributed by atoms with Gasteiger partial charge < -0.3 is 0 Å². The fourth-order valence-electron chi connectivity index (χ4n) is 1.18. The summed E-state index contributed by atoms with van der Waals surface area (Å²) < 4.78 is 0. The number of hydrogen-bond donors (Lipinski definition) is 0. The van der Waals surface area contributed by atoms with Crippen molar-refractivity contribution in [3.05, 3.63) is 34.4 Å². The summed E-state index contributed by atoms with van der Waals surface area (Å²) in [7, 11) is 0. The Morgan fingerprint density at radius 2 is 2.21 bits per heavy atom. The number of halogens is 1. The van der Waals surface area contributed by atoms with Crippen LogP contribution in [0.1, 0.15) is 31.8 Å². The van der Waals surface area contributed by atoms with Crippen molar-refractivity contribution in [2.75, 3.05) is 0 Å². The van der Waals surface area contributed by atoms with Crippen LogP contribution >= 0.6 is 11.6 Å². The number of aldehydes is 1. The Hall–Kier alpha value is -1.66. The SMILES string of the molecule is Cc1ccc(C=O)c(C(=O)Cl)c1C#N. The van der Waals surface area contributed by atoms with E-state index >= 15 is 0 Å². The van der Waals surface area contributed by atoms with Gasteiger partial charge in [0.1, 0.15) is 6.07 Å². The zero-order chi connectivity index (χ0) is 10.7. The van der Waals surface area contributed by atoms with E-state index in [9.17, 15) is 9.59 Å². The Balaban J connectivity index is 3.62. The lowest BCUT2D eigenvalue weighted by Gasteiger charge is -2.04. The van der Waals surface area contributed by atoms with Crippen molar-refractivity contribution in [2.24, 2.45) is 0 Å². The highest BCUT2D eigenvalue weighted by molar-refractivity contribution is 6.68. The molecule has 0 saturated heterocycles. The number of carbonyl (C=O) groups excluding carboxylic acids is 2. The summed E-state index contributed by atoms with van der Waals surface area (Å²) in [4.78, 5) is 21.6. The first-order valence-corrected chi connectivity index (χ1v) is 4.18. The van der Waals surface area contributed by atoms with Gasteiger partial charge in [-0.3, -0.25) is 9.59 Å². The smallest absolute Gasteiger partial charge is 0.254 e. The maximum atomic E-state index is 11.0.